The molecule has 1 unspecified atom stereocenters. The summed E-state index contributed by atoms with van der Waals surface area (Å²) < 4.78 is 5.87. The number of esters is 1. The molecule has 0 bridgehead atoms. The zero-order valence-corrected chi connectivity index (χ0v) is 9.85. The average Bonchev–Trinajstić information content (AvgIpc) is 2.69. The van der Waals surface area contributed by atoms with Crippen LogP contribution in [0.5, 0.6) is 0 Å². The van der Waals surface area contributed by atoms with Crippen molar-refractivity contribution in [3.05, 3.63) is 28.4 Å². The number of nitrogens with one attached hydrogen (secondary N) is 1. The molecule has 0 fully saturated rings. The van der Waals surface area contributed by atoms with Gasteiger partial charge in [-0.15, -0.1) is 0 Å². The Hall–Kier alpha value is -2.11. The van der Waals surface area contributed by atoms with Crippen LogP contribution >= 0.6 is 0 Å². The Morgan fingerprint density at radius 2 is 2.29 bits per heavy atom. The van der Waals surface area contributed by atoms with E-state index in [4.69, 9.17) is 0 Å². The molecule has 0 saturated heterocycles. The van der Waals surface area contributed by atoms with Crippen molar-refractivity contribution in [2.75, 3.05) is 7.11 Å². The summed E-state index contributed by atoms with van der Waals surface area (Å²) in [5.74, 6) is -0.472. The van der Waals surface area contributed by atoms with Crippen LogP contribution in [0.3, 0.4) is 0 Å². The van der Waals surface area contributed by atoms with Gasteiger partial charge in [-0.3, -0.25) is 9.36 Å². The quantitative estimate of drug-likeness (QED) is 0.780. The summed E-state index contributed by atoms with van der Waals surface area (Å²) >= 11 is 0. The highest BCUT2D eigenvalue weighted by atomic mass is 16.5. The number of hydrogen-bond acceptors (Lipinski definition) is 4. The first-order valence-electron chi connectivity index (χ1n) is 5.19. The van der Waals surface area contributed by atoms with Crippen LogP contribution in [0.15, 0.2) is 17.2 Å². The van der Waals surface area contributed by atoms with Crippen molar-refractivity contribution >= 4 is 17.0 Å². The van der Waals surface area contributed by atoms with Crippen LogP contribution in [-0.2, 0) is 9.53 Å². The third-order valence-corrected chi connectivity index (χ3v) is 2.67. The Labute approximate surface area is 97.2 Å². The van der Waals surface area contributed by atoms with Crippen molar-refractivity contribution in [3.63, 3.8) is 0 Å². The monoisotopic (exact) mass is 235 g/mol. The molecule has 2 aromatic heterocycles. The molecule has 0 amide bonds. The van der Waals surface area contributed by atoms with Crippen LogP contribution in [0, 0.1) is 6.92 Å². The maximum atomic E-state index is 12.1. The number of aryl methyl sites for hydroxylation is 1. The summed E-state index contributed by atoms with van der Waals surface area (Å²) in [6.07, 6.45) is 1.35. The average molecular weight is 235 g/mol. The molecule has 0 aliphatic heterocycles. The van der Waals surface area contributed by atoms with Crippen molar-refractivity contribution in [3.8, 4) is 0 Å². The second-order valence-corrected chi connectivity index (χ2v) is 3.87. The fraction of sp³-hybridized carbons (Fsp3) is 0.364. The molecule has 2 aromatic rings. The first kappa shape index (κ1) is 11.4. The SMILES string of the molecule is COC(=O)C(C)n1cnc2[nH]c(C)cc2c1=O. The molecule has 0 radical (unpaired) electrons. The van der Waals surface area contributed by atoms with Crippen LogP contribution in [0.25, 0.3) is 11.0 Å². The van der Waals surface area contributed by atoms with Crippen molar-refractivity contribution in [2.45, 2.75) is 19.9 Å². The topological polar surface area (TPSA) is 77.0 Å². The van der Waals surface area contributed by atoms with Crippen molar-refractivity contribution in [2.24, 2.45) is 0 Å². The second kappa shape index (κ2) is 4.04. The number of nitrogens with zero attached hydrogens (tertiary/aromatic N) is 2. The van der Waals surface area contributed by atoms with E-state index in [0.29, 0.717) is 11.0 Å². The van der Waals surface area contributed by atoms with Crippen molar-refractivity contribution in [1.29, 1.82) is 0 Å². The summed E-state index contributed by atoms with van der Waals surface area (Å²) in [4.78, 5) is 30.6. The van der Waals surface area contributed by atoms with Crippen LogP contribution < -0.4 is 5.56 Å². The van der Waals surface area contributed by atoms with Gasteiger partial charge in [0.15, 0.2) is 0 Å². The number of carbonyl (C=O) groups is 1. The maximum absolute atomic E-state index is 12.1. The molecule has 90 valence electrons. The van der Waals surface area contributed by atoms with Crippen LogP contribution in [-0.4, -0.2) is 27.6 Å². The summed E-state index contributed by atoms with van der Waals surface area (Å²) in [6.45, 7) is 3.44. The summed E-state index contributed by atoms with van der Waals surface area (Å²) in [5, 5.41) is 0.473. The van der Waals surface area contributed by atoms with Gasteiger partial charge < -0.3 is 9.72 Å². The first-order chi connectivity index (χ1) is 8.04. The number of carbonyl (C=O) groups excluding carboxylic acids is 1. The fourth-order valence-electron chi connectivity index (χ4n) is 1.71. The maximum Gasteiger partial charge on any atom is 0.328 e. The Balaban J connectivity index is 2.60. The van der Waals surface area contributed by atoms with Gasteiger partial charge in [-0.05, 0) is 19.9 Å². The Kier molecular flexibility index (Phi) is 2.71. The van der Waals surface area contributed by atoms with E-state index in [-0.39, 0.29) is 5.56 Å². The number of fused-ring (bicyclic) bond motifs is 1. The molecule has 0 aliphatic carbocycles. The summed E-state index contributed by atoms with van der Waals surface area (Å²) in [6, 6.07) is 1.03. The minimum absolute atomic E-state index is 0.253. The second-order valence-electron chi connectivity index (χ2n) is 3.87. The standard InChI is InChI=1S/C11H13N3O3/c1-6-4-8-9(13-6)12-5-14(10(8)15)7(2)11(16)17-3/h4-5,7,13H,1-3H3. The van der Waals surface area contributed by atoms with Gasteiger partial charge in [0.1, 0.15) is 18.0 Å². The highest BCUT2D eigenvalue weighted by Crippen LogP contribution is 2.10. The smallest absolute Gasteiger partial charge is 0.328 e. The molecule has 17 heavy (non-hydrogen) atoms. The predicted molar refractivity (Wildman–Crippen MR) is 61.8 cm³/mol. The molecule has 0 aromatic carbocycles. The highest BCUT2D eigenvalue weighted by molar-refractivity contribution is 5.77. The number of ether oxygens (including phenoxy) is 1. The minimum Gasteiger partial charge on any atom is -0.467 e. The third kappa shape index (κ3) is 1.82. The van der Waals surface area contributed by atoms with Gasteiger partial charge in [-0.25, -0.2) is 9.78 Å². The van der Waals surface area contributed by atoms with E-state index in [0.717, 1.165) is 5.69 Å². The summed E-state index contributed by atoms with van der Waals surface area (Å²) in [7, 11) is 1.29. The third-order valence-electron chi connectivity index (χ3n) is 2.67. The lowest BCUT2D eigenvalue weighted by molar-refractivity contribution is -0.144. The lowest BCUT2D eigenvalue weighted by Gasteiger charge is -2.11. The van der Waals surface area contributed by atoms with Gasteiger partial charge >= 0.3 is 5.97 Å². The van der Waals surface area contributed by atoms with E-state index in [1.807, 2.05) is 6.92 Å². The minimum atomic E-state index is -0.681. The van der Waals surface area contributed by atoms with Crippen molar-refractivity contribution < 1.29 is 9.53 Å². The van der Waals surface area contributed by atoms with Gasteiger partial charge in [0.05, 0.1) is 12.5 Å². The molecule has 6 nitrogen and oxygen atoms in total. The van der Waals surface area contributed by atoms with Gasteiger partial charge in [-0.2, -0.15) is 0 Å². The molecular weight excluding hydrogens is 222 g/mol. The lowest BCUT2D eigenvalue weighted by Crippen LogP contribution is -2.28. The molecule has 0 spiro atoms. The van der Waals surface area contributed by atoms with E-state index in [1.54, 1.807) is 13.0 Å². The number of aromatic nitrogens is 3. The van der Waals surface area contributed by atoms with E-state index < -0.39 is 12.0 Å². The molecule has 2 rings (SSSR count). The first-order valence-corrected chi connectivity index (χ1v) is 5.19. The van der Waals surface area contributed by atoms with Crippen molar-refractivity contribution in [1.82, 2.24) is 14.5 Å². The molecule has 2 heterocycles. The van der Waals surface area contributed by atoms with Gasteiger partial charge in [0.2, 0.25) is 0 Å². The largest absolute Gasteiger partial charge is 0.467 e. The van der Waals surface area contributed by atoms with E-state index >= 15 is 0 Å². The molecule has 6 heteroatoms. The summed E-state index contributed by atoms with van der Waals surface area (Å²) in [5.41, 5.74) is 1.13. The highest BCUT2D eigenvalue weighted by Gasteiger charge is 2.18. The number of H-pyrrole nitrogens is 1. The van der Waals surface area contributed by atoms with Gasteiger partial charge in [0, 0.05) is 5.69 Å². The van der Waals surface area contributed by atoms with E-state index in [1.165, 1.54) is 18.0 Å². The molecule has 0 aliphatic rings. The predicted octanol–water partition coefficient (Wildman–Crippen LogP) is 0.767. The molecule has 0 saturated carbocycles. The number of rotatable bonds is 2. The number of methoxy groups -OCH3 is 1. The molecule has 1 atom stereocenters. The molecule has 1 N–H and O–H groups in total. The zero-order chi connectivity index (χ0) is 12.6. The van der Waals surface area contributed by atoms with E-state index in [9.17, 15) is 9.59 Å². The fourth-order valence-corrected chi connectivity index (χ4v) is 1.71. The Bertz CT molecular complexity index is 626. The van der Waals surface area contributed by atoms with Crippen LogP contribution in [0.2, 0.25) is 0 Å². The van der Waals surface area contributed by atoms with Crippen LogP contribution in [0.4, 0.5) is 0 Å². The Morgan fingerprint density at radius 3 is 2.94 bits per heavy atom. The molecular formula is C11H13N3O3. The van der Waals surface area contributed by atoms with E-state index in [2.05, 4.69) is 14.7 Å². The zero-order valence-electron chi connectivity index (χ0n) is 9.85. The van der Waals surface area contributed by atoms with Gasteiger partial charge in [0.25, 0.3) is 5.56 Å². The Morgan fingerprint density at radius 1 is 1.59 bits per heavy atom. The normalized spacial score (nSPS) is 12.6. The lowest BCUT2D eigenvalue weighted by atomic mass is 10.3. The number of hydrogen-bond donors (Lipinski definition) is 1. The van der Waals surface area contributed by atoms with Crippen LogP contribution in [0.1, 0.15) is 18.7 Å². The van der Waals surface area contributed by atoms with Gasteiger partial charge in [-0.1, -0.05) is 0 Å². The number of aromatic amines is 1.